The van der Waals surface area contributed by atoms with E-state index in [1.807, 2.05) is 12.1 Å². The number of nitrogens with one attached hydrogen (secondary N) is 1. The van der Waals surface area contributed by atoms with Gasteiger partial charge in [0.2, 0.25) is 0 Å². The number of carboxylic acid groups (broad SMARTS) is 1. The van der Waals surface area contributed by atoms with E-state index in [9.17, 15) is 14.7 Å². The van der Waals surface area contributed by atoms with Gasteiger partial charge in [0.05, 0.1) is 18.2 Å². The van der Waals surface area contributed by atoms with Gasteiger partial charge in [0, 0.05) is 11.8 Å². The van der Waals surface area contributed by atoms with E-state index in [-0.39, 0.29) is 11.1 Å². The van der Waals surface area contributed by atoms with Crippen LogP contribution in [-0.4, -0.2) is 28.4 Å². The second kappa shape index (κ2) is 5.92. The van der Waals surface area contributed by atoms with Crippen molar-refractivity contribution in [1.29, 1.82) is 0 Å². The highest BCUT2D eigenvalue weighted by Gasteiger charge is 2.13. The van der Waals surface area contributed by atoms with Gasteiger partial charge in [-0.2, -0.15) is 5.10 Å². The molecule has 2 N–H and O–H groups in total. The molecule has 0 aliphatic heterocycles. The Morgan fingerprint density at radius 2 is 1.96 bits per heavy atom. The van der Waals surface area contributed by atoms with Gasteiger partial charge in [0.1, 0.15) is 11.3 Å². The fourth-order valence-corrected chi connectivity index (χ4v) is 2.53. The minimum Gasteiger partial charge on any atom is -0.496 e. The topological polar surface area (TPSA) is 92.3 Å². The lowest BCUT2D eigenvalue weighted by molar-refractivity contribution is 0.0693. The number of ether oxygens (including phenoxy) is 1. The Morgan fingerprint density at radius 3 is 2.65 bits per heavy atom. The van der Waals surface area contributed by atoms with Crippen LogP contribution >= 0.6 is 0 Å². The van der Waals surface area contributed by atoms with Crippen molar-refractivity contribution < 1.29 is 14.6 Å². The molecule has 2 aromatic carbocycles. The van der Waals surface area contributed by atoms with Gasteiger partial charge >= 0.3 is 5.97 Å². The van der Waals surface area contributed by atoms with Crippen LogP contribution in [0.3, 0.4) is 0 Å². The molecule has 0 bridgehead atoms. The zero-order valence-electron chi connectivity index (χ0n) is 12.4. The molecule has 23 heavy (non-hydrogen) atoms. The van der Waals surface area contributed by atoms with Crippen LogP contribution in [0.25, 0.3) is 10.8 Å². The first kappa shape index (κ1) is 14.8. The predicted molar refractivity (Wildman–Crippen MR) is 85.1 cm³/mol. The van der Waals surface area contributed by atoms with Crippen LogP contribution in [-0.2, 0) is 6.42 Å². The van der Waals surface area contributed by atoms with Crippen LogP contribution in [0.15, 0.2) is 47.3 Å². The minimum absolute atomic E-state index is 0.0960. The molecule has 116 valence electrons. The first-order valence-electron chi connectivity index (χ1n) is 6.96. The smallest absolute Gasteiger partial charge is 0.339 e. The number of fused-ring (bicyclic) bond motifs is 1. The van der Waals surface area contributed by atoms with Gasteiger partial charge in [-0.1, -0.05) is 24.3 Å². The van der Waals surface area contributed by atoms with Crippen molar-refractivity contribution in [2.75, 3.05) is 7.11 Å². The number of carboxylic acids is 1. The first-order chi connectivity index (χ1) is 11.1. The molecule has 1 heterocycles. The third-order valence-electron chi connectivity index (χ3n) is 3.64. The molecule has 0 amide bonds. The van der Waals surface area contributed by atoms with Crippen LogP contribution in [0.1, 0.15) is 21.6 Å². The minimum atomic E-state index is -1.05. The molecular formula is C17H14N2O4. The van der Waals surface area contributed by atoms with Crippen molar-refractivity contribution in [3.63, 3.8) is 0 Å². The average molecular weight is 310 g/mol. The number of carbonyl (C=O) groups is 1. The molecule has 0 radical (unpaired) electrons. The van der Waals surface area contributed by atoms with Crippen LogP contribution in [0.5, 0.6) is 5.75 Å². The van der Waals surface area contributed by atoms with E-state index < -0.39 is 5.97 Å². The zero-order valence-corrected chi connectivity index (χ0v) is 12.4. The fraction of sp³-hybridized carbons (Fsp3) is 0.118. The standard InChI is InChI=1S/C17H14N2O4/c1-23-15-7-6-10(8-13(15)17(21)22)9-14-11-4-2-3-5-12(11)16(20)19-18-14/h2-8H,9H2,1H3,(H,19,20)(H,21,22). The zero-order chi connectivity index (χ0) is 16.4. The molecule has 0 unspecified atom stereocenters. The SMILES string of the molecule is COc1ccc(Cc2n[nH]c(=O)c3ccccc23)cc1C(=O)O. The Bertz CT molecular complexity index is 947. The maximum absolute atomic E-state index is 11.8. The Balaban J connectivity index is 2.06. The normalized spacial score (nSPS) is 10.7. The summed E-state index contributed by atoms with van der Waals surface area (Å²) in [6.45, 7) is 0. The highest BCUT2D eigenvalue weighted by molar-refractivity contribution is 5.91. The summed E-state index contributed by atoms with van der Waals surface area (Å²) < 4.78 is 5.05. The number of H-pyrrole nitrogens is 1. The summed E-state index contributed by atoms with van der Waals surface area (Å²) in [5.41, 5.74) is 1.30. The van der Waals surface area contributed by atoms with E-state index in [2.05, 4.69) is 10.2 Å². The largest absolute Gasteiger partial charge is 0.496 e. The Labute approximate surface area is 131 Å². The first-order valence-corrected chi connectivity index (χ1v) is 6.96. The summed E-state index contributed by atoms with van der Waals surface area (Å²) in [5, 5.41) is 17.1. The molecule has 0 aliphatic rings. The molecule has 3 aromatic rings. The fourth-order valence-electron chi connectivity index (χ4n) is 2.53. The number of aromatic amines is 1. The van der Waals surface area contributed by atoms with Crippen molar-refractivity contribution >= 4 is 16.7 Å². The number of rotatable bonds is 4. The van der Waals surface area contributed by atoms with Crippen LogP contribution < -0.4 is 10.3 Å². The van der Waals surface area contributed by atoms with Crippen LogP contribution in [0, 0.1) is 0 Å². The number of hydrogen-bond donors (Lipinski definition) is 2. The quantitative estimate of drug-likeness (QED) is 0.771. The summed E-state index contributed by atoms with van der Waals surface area (Å²) in [5.74, 6) is -0.747. The lowest BCUT2D eigenvalue weighted by Crippen LogP contribution is -2.11. The third kappa shape index (κ3) is 2.78. The number of benzene rings is 2. The summed E-state index contributed by atoms with van der Waals surface area (Å²) in [6, 6.07) is 12.1. The summed E-state index contributed by atoms with van der Waals surface area (Å²) in [6.07, 6.45) is 0.404. The molecule has 0 fully saturated rings. The molecule has 6 nitrogen and oxygen atoms in total. The van der Waals surface area contributed by atoms with Gasteiger partial charge in [-0.3, -0.25) is 4.79 Å². The lowest BCUT2D eigenvalue weighted by atomic mass is 10.0. The molecule has 0 saturated heterocycles. The molecular weight excluding hydrogens is 296 g/mol. The molecule has 0 saturated carbocycles. The third-order valence-corrected chi connectivity index (χ3v) is 3.64. The van der Waals surface area contributed by atoms with E-state index in [4.69, 9.17) is 4.74 Å². The Morgan fingerprint density at radius 1 is 1.22 bits per heavy atom. The maximum atomic E-state index is 11.8. The van der Waals surface area contributed by atoms with E-state index in [0.717, 1.165) is 10.9 Å². The van der Waals surface area contributed by atoms with Gasteiger partial charge < -0.3 is 9.84 Å². The van der Waals surface area contributed by atoms with Crippen molar-refractivity contribution in [2.45, 2.75) is 6.42 Å². The molecule has 0 atom stereocenters. The number of methoxy groups -OCH3 is 1. The molecule has 3 rings (SSSR count). The Hall–Kier alpha value is -3.15. The molecule has 0 aliphatic carbocycles. The molecule has 0 spiro atoms. The number of hydrogen-bond acceptors (Lipinski definition) is 4. The van der Waals surface area contributed by atoms with Crippen molar-refractivity contribution in [1.82, 2.24) is 10.2 Å². The Kier molecular flexibility index (Phi) is 3.80. The van der Waals surface area contributed by atoms with Crippen molar-refractivity contribution in [2.24, 2.45) is 0 Å². The predicted octanol–water partition coefficient (Wildman–Crippen LogP) is 2.22. The lowest BCUT2D eigenvalue weighted by Gasteiger charge is -2.09. The molecule has 1 aromatic heterocycles. The summed E-state index contributed by atoms with van der Waals surface area (Å²) >= 11 is 0. The second-order valence-electron chi connectivity index (χ2n) is 5.06. The van der Waals surface area contributed by atoms with Crippen LogP contribution in [0.2, 0.25) is 0 Å². The second-order valence-corrected chi connectivity index (χ2v) is 5.06. The highest BCUT2D eigenvalue weighted by atomic mass is 16.5. The van der Waals surface area contributed by atoms with Gasteiger partial charge in [-0.15, -0.1) is 0 Å². The monoisotopic (exact) mass is 310 g/mol. The van der Waals surface area contributed by atoms with Gasteiger partial charge in [-0.05, 0) is 23.8 Å². The van der Waals surface area contributed by atoms with Gasteiger partial charge in [0.15, 0.2) is 0 Å². The highest BCUT2D eigenvalue weighted by Crippen LogP contribution is 2.22. The van der Waals surface area contributed by atoms with E-state index in [0.29, 0.717) is 23.3 Å². The van der Waals surface area contributed by atoms with Gasteiger partial charge in [-0.25, -0.2) is 9.89 Å². The summed E-state index contributed by atoms with van der Waals surface area (Å²) in [7, 11) is 1.43. The number of aromatic carboxylic acids is 1. The van der Waals surface area contributed by atoms with Crippen molar-refractivity contribution in [3.8, 4) is 5.75 Å². The summed E-state index contributed by atoms with van der Waals surface area (Å²) in [4.78, 5) is 23.1. The average Bonchev–Trinajstić information content (AvgIpc) is 2.57. The van der Waals surface area contributed by atoms with E-state index in [1.54, 1.807) is 30.3 Å². The maximum Gasteiger partial charge on any atom is 0.339 e. The van der Waals surface area contributed by atoms with Crippen LogP contribution in [0.4, 0.5) is 0 Å². The van der Waals surface area contributed by atoms with Crippen molar-refractivity contribution in [3.05, 3.63) is 69.6 Å². The number of aromatic nitrogens is 2. The molecule has 6 heteroatoms. The van der Waals surface area contributed by atoms with Gasteiger partial charge in [0.25, 0.3) is 5.56 Å². The van der Waals surface area contributed by atoms with E-state index >= 15 is 0 Å². The number of nitrogens with zero attached hydrogens (tertiary/aromatic N) is 1. The van der Waals surface area contributed by atoms with E-state index in [1.165, 1.54) is 7.11 Å².